The molecule has 3 aromatic carbocycles. The summed E-state index contributed by atoms with van der Waals surface area (Å²) >= 11 is 1.32. The molecule has 2 heterocycles. The molecule has 2 N–H and O–H groups in total. The summed E-state index contributed by atoms with van der Waals surface area (Å²) in [5, 5.41) is 12.1. The first-order chi connectivity index (χ1) is 25.5. The van der Waals surface area contributed by atoms with Crippen LogP contribution in [0.5, 0.6) is 0 Å². The molecule has 5 rings (SSSR count). The van der Waals surface area contributed by atoms with Gasteiger partial charge in [0.1, 0.15) is 36.7 Å². The zero-order valence-corrected chi connectivity index (χ0v) is 29.6. The third-order valence-corrected chi connectivity index (χ3v) is 9.82. The average molecular weight is 748 g/mol. The zero-order chi connectivity index (χ0) is 38.0. The van der Waals surface area contributed by atoms with Crippen LogP contribution in [0, 0.1) is 28.8 Å². The SMILES string of the molecule is C/C(=C\C=C\c1ccc(C#N)cc1F)C1OCC(S[C@H](C)[C@@](Cn2cncn2)(OC(=O)c2ccccc2COC(=O)CN)c2ccc(F)cc2F)CO1. The third kappa shape index (κ3) is 9.79. The van der Waals surface area contributed by atoms with Crippen LogP contribution in [-0.4, -0.2) is 63.3 Å². The summed E-state index contributed by atoms with van der Waals surface area (Å²) in [7, 11) is 0. The number of thioether (sulfide) groups is 1. The van der Waals surface area contributed by atoms with Crippen molar-refractivity contribution in [3.63, 3.8) is 0 Å². The van der Waals surface area contributed by atoms with Gasteiger partial charge in [0, 0.05) is 28.0 Å². The fraction of sp³-hybridized carbons (Fsp3) is 0.289. The lowest BCUT2D eigenvalue weighted by molar-refractivity contribution is -0.153. The van der Waals surface area contributed by atoms with Crippen LogP contribution < -0.4 is 5.73 Å². The molecule has 0 unspecified atom stereocenters. The Balaban J connectivity index is 1.38. The van der Waals surface area contributed by atoms with E-state index in [1.807, 2.05) is 6.07 Å². The van der Waals surface area contributed by atoms with Gasteiger partial charge in [-0.25, -0.2) is 27.6 Å². The summed E-state index contributed by atoms with van der Waals surface area (Å²) in [6, 6.07) is 15.5. The van der Waals surface area contributed by atoms with Crippen LogP contribution in [0.3, 0.4) is 0 Å². The molecular weight excluding hydrogens is 712 g/mol. The van der Waals surface area contributed by atoms with Crippen molar-refractivity contribution < 1.29 is 41.7 Å². The molecule has 4 aromatic rings. The van der Waals surface area contributed by atoms with Crippen molar-refractivity contribution in [2.45, 2.75) is 49.4 Å². The van der Waals surface area contributed by atoms with Crippen LogP contribution in [0.1, 0.15) is 46.5 Å². The van der Waals surface area contributed by atoms with Gasteiger partial charge in [-0.15, -0.1) is 11.8 Å². The van der Waals surface area contributed by atoms with Gasteiger partial charge < -0.3 is 24.7 Å². The lowest BCUT2D eigenvalue weighted by Crippen LogP contribution is -2.47. The number of ether oxygens (including phenoxy) is 4. The summed E-state index contributed by atoms with van der Waals surface area (Å²) in [5.74, 6) is -3.81. The minimum absolute atomic E-state index is 0.0606. The summed E-state index contributed by atoms with van der Waals surface area (Å²) in [6.45, 7) is 3.13. The maximum Gasteiger partial charge on any atom is 0.339 e. The Hall–Kier alpha value is -5.27. The minimum Gasteiger partial charge on any atom is -0.460 e. The maximum atomic E-state index is 15.9. The molecule has 1 aliphatic rings. The number of allylic oxidation sites excluding steroid dienone is 2. The van der Waals surface area contributed by atoms with Crippen molar-refractivity contribution in [2.24, 2.45) is 5.73 Å². The normalized spacial score (nSPS) is 17.9. The van der Waals surface area contributed by atoms with Gasteiger partial charge in [-0.3, -0.25) is 4.79 Å². The van der Waals surface area contributed by atoms with E-state index in [9.17, 15) is 18.4 Å². The van der Waals surface area contributed by atoms with Crippen LogP contribution in [0.15, 0.2) is 91.0 Å². The monoisotopic (exact) mass is 747 g/mol. The molecule has 276 valence electrons. The molecule has 0 spiro atoms. The lowest BCUT2D eigenvalue weighted by Gasteiger charge is -2.41. The number of nitrogens with two attached hydrogens (primary N) is 1. The molecule has 0 amide bonds. The van der Waals surface area contributed by atoms with Gasteiger partial charge in [-0.05, 0) is 49.8 Å². The standard InChI is InChI=1S/C38H36F3N5O6S/c1-24(6-5-8-27-11-10-26(16-42)14-33(27)40)37-50-19-30(20-51-37)53-25(2)38(21-46-23-44-22-45-46,32-13-12-29(39)15-34(32)41)52-36(48)31-9-4-3-7-28(31)18-49-35(47)17-43/h3-15,22-23,25,30,37H,17-21,43H2,1-2H3/b8-5+,24-6+/t25-,30?,37?,38-/m1/s1. The number of aromatic nitrogens is 3. The third-order valence-electron chi connectivity index (χ3n) is 8.37. The first-order valence-corrected chi connectivity index (χ1v) is 17.3. The largest absolute Gasteiger partial charge is 0.460 e. The molecule has 0 aliphatic carbocycles. The van der Waals surface area contributed by atoms with Crippen LogP contribution in [0.4, 0.5) is 13.2 Å². The van der Waals surface area contributed by atoms with Crippen LogP contribution >= 0.6 is 11.8 Å². The molecule has 1 saturated heterocycles. The molecular formula is C38H36F3N5O6S. The highest BCUT2D eigenvalue weighted by Crippen LogP contribution is 2.42. The van der Waals surface area contributed by atoms with E-state index in [2.05, 4.69) is 10.1 Å². The highest BCUT2D eigenvalue weighted by atomic mass is 32.2. The maximum absolute atomic E-state index is 15.9. The Morgan fingerprint density at radius 2 is 1.91 bits per heavy atom. The number of rotatable bonds is 14. The van der Waals surface area contributed by atoms with E-state index in [-0.39, 0.29) is 54.9 Å². The molecule has 1 fully saturated rings. The molecule has 53 heavy (non-hydrogen) atoms. The minimum atomic E-state index is -1.80. The van der Waals surface area contributed by atoms with Crippen LogP contribution in [-0.2, 0) is 42.5 Å². The Labute approximate surface area is 308 Å². The van der Waals surface area contributed by atoms with Crippen molar-refractivity contribution >= 4 is 29.8 Å². The molecule has 11 nitrogen and oxygen atoms in total. The second-order valence-electron chi connectivity index (χ2n) is 12.0. The van der Waals surface area contributed by atoms with Gasteiger partial charge in [-0.1, -0.05) is 42.5 Å². The number of carbonyl (C=O) groups excluding carboxylic acids is 2. The Kier molecular flexibility index (Phi) is 13.2. The fourth-order valence-electron chi connectivity index (χ4n) is 5.61. The predicted molar refractivity (Wildman–Crippen MR) is 189 cm³/mol. The summed E-state index contributed by atoms with van der Waals surface area (Å²) in [6.07, 6.45) is 6.92. The van der Waals surface area contributed by atoms with Crippen molar-refractivity contribution in [3.05, 3.63) is 136 Å². The van der Waals surface area contributed by atoms with E-state index in [1.54, 1.807) is 50.3 Å². The van der Waals surface area contributed by atoms with E-state index in [4.69, 9.17) is 29.9 Å². The summed E-state index contributed by atoms with van der Waals surface area (Å²) in [5.41, 5.74) is 5.11. The van der Waals surface area contributed by atoms with Crippen molar-refractivity contribution in [2.75, 3.05) is 19.8 Å². The molecule has 0 saturated carbocycles. The Bertz CT molecular complexity index is 2010. The quantitative estimate of drug-likeness (QED) is 0.122. The number of nitrogens with zero attached hydrogens (tertiary/aromatic N) is 4. The number of benzene rings is 3. The molecule has 0 radical (unpaired) electrons. The number of hydrogen-bond donors (Lipinski definition) is 1. The van der Waals surface area contributed by atoms with E-state index < -0.39 is 46.5 Å². The highest BCUT2D eigenvalue weighted by Gasteiger charge is 2.47. The number of carbonyl (C=O) groups is 2. The van der Waals surface area contributed by atoms with E-state index >= 15 is 4.39 Å². The number of nitriles is 1. The van der Waals surface area contributed by atoms with Crippen LogP contribution in [0.2, 0.25) is 0 Å². The van der Waals surface area contributed by atoms with Crippen LogP contribution in [0.25, 0.3) is 6.08 Å². The van der Waals surface area contributed by atoms with E-state index in [0.29, 0.717) is 22.8 Å². The molecule has 1 aromatic heterocycles. The second-order valence-corrected chi connectivity index (χ2v) is 13.7. The van der Waals surface area contributed by atoms with Gasteiger partial charge in [-0.2, -0.15) is 10.4 Å². The topological polar surface area (TPSA) is 152 Å². The molecule has 1 aliphatic heterocycles. The Morgan fingerprint density at radius 1 is 1.13 bits per heavy atom. The number of halogens is 3. The van der Waals surface area contributed by atoms with E-state index in [1.165, 1.54) is 53.4 Å². The van der Waals surface area contributed by atoms with E-state index in [0.717, 1.165) is 12.1 Å². The van der Waals surface area contributed by atoms with Crippen molar-refractivity contribution in [1.82, 2.24) is 14.8 Å². The molecule has 0 bridgehead atoms. The lowest BCUT2D eigenvalue weighted by atomic mass is 9.89. The number of hydrogen-bond acceptors (Lipinski definition) is 11. The first kappa shape index (κ1) is 38.9. The van der Waals surface area contributed by atoms with Gasteiger partial charge >= 0.3 is 11.9 Å². The van der Waals surface area contributed by atoms with Crippen molar-refractivity contribution in [1.29, 1.82) is 5.26 Å². The van der Waals surface area contributed by atoms with Crippen molar-refractivity contribution in [3.8, 4) is 6.07 Å². The Morgan fingerprint density at radius 3 is 2.58 bits per heavy atom. The summed E-state index contributed by atoms with van der Waals surface area (Å²) in [4.78, 5) is 29.9. The molecule has 2 atom stereocenters. The molecule has 15 heteroatoms. The predicted octanol–water partition coefficient (Wildman–Crippen LogP) is 5.84. The fourth-order valence-corrected chi connectivity index (χ4v) is 6.97. The smallest absolute Gasteiger partial charge is 0.339 e. The van der Waals surface area contributed by atoms with Gasteiger partial charge in [0.2, 0.25) is 0 Å². The summed E-state index contributed by atoms with van der Waals surface area (Å²) < 4.78 is 69.3. The van der Waals surface area contributed by atoms with Gasteiger partial charge in [0.05, 0.1) is 48.7 Å². The second kappa shape index (κ2) is 18.0. The zero-order valence-electron chi connectivity index (χ0n) is 28.8. The first-order valence-electron chi connectivity index (χ1n) is 16.4. The van der Waals surface area contributed by atoms with Gasteiger partial charge in [0.15, 0.2) is 11.9 Å². The van der Waals surface area contributed by atoms with Gasteiger partial charge in [0.25, 0.3) is 0 Å². The average Bonchev–Trinajstić information content (AvgIpc) is 3.67. The highest BCUT2D eigenvalue weighted by molar-refractivity contribution is 8.00. The number of esters is 2.